The maximum Gasteiger partial charge on any atom is 0.111 e. The van der Waals surface area contributed by atoms with E-state index in [2.05, 4.69) is 44.7 Å². The number of imidazole rings is 1. The van der Waals surface area contributed by atoms with Crippen LogP contribution in [0.15, 0.2) is 12.4 Å². The van der Waals surface area contributed by atoms with Crippen LogP contribution in [-0.4, -0.2) is 9.55 Å². The summed E-state index contributed by atoms with van der Waals surface area (Å²) in [6.07, 6.45) is 45.3. The van der Waals surface area contributed by atoms with Gasteiger partial charge in [-0.25, -0.2) is 4.98 Å². The van der Waals surface area contributed by atoms with Crippen molar-refractivity contribution in [2.24, 2.45) is 0 Å². The molecule has 0 N–H and O–H groups in total. The van der Waals surface area contributed by atoms with Gasteiger partial charge in [-0.15, -0.1) is 0 Å². The minimum Gasteiger partial charge on any atom is -0.332 e. The fraction of sp³-hybridized carbons (Fsp3) is 0.921. The molecule has 0 aliphatic rings. The highest BCUT2D eigenvalue weighted by Gasteiger charge is 2.19. The lowest BCUT2D eigenvalue weighted by Gasteiger charge is -2.22. The third-order valence-electron chi connectivity index (χ3n) is 9.33. The van der Waals surface area contributed by atoms with Crippen LogP contribution in [-0.2, 0) is 0 Å². The van der Waals surface area contributed by atoms with Gasteiger partial charge in [0.05, 0.1) is 0 Å². The van der Waals surface area contributed by atoms with Gasteiger partial charge in [0, 0.05) is 24.4 Å². The average Bonchev–Trinajstić information content (AvgIpc) is 3.45. The Bertz CT molecular complexity index is 621. The van der Waals surface area contributed by atoms with Gasteiger partial charge in [-0.2, -0.15) is 0 Å². The SMILES string of the molecule is CCCCCCCCCCCCCCCCCCC(CCCCCC)c1nccn1C(C)CCCCCCCC. The predicted octanol–water partition coefficient (Wildman–Crippen LogP) is 13.9. The fourth-order valence-electron chi connectivity index (χ4n) is 6.53. The second-order valence-electron chi connectivity index (χ2n) is 13.2. The summed E-state index contributed by atoms with van der Waals surface area (Å²) in [5.41, 5.74) is 0. The maximum absolute atomic E-state index is 4.96. The van der Waals surface area contributed by atoms with Crippen LogP contribution in [0.2, 0.25) is 0 Å². The molecule has 0 bridgehead atoms. The number of hydrogen-bond acceptors (Lipinski definition) is 1. The van der Waals surface area contributed by atoms with Crippen LogP contribution >= 0.6 is 0 Å². The van der Waals surface area contributed by atoms with E-state index in [1.165, 1.54) is 192 Å². The highest BCUT2D eigenvalue weighted by atomic mass is 15.1. The Labute approximate surface area is 253 Å². The van der Waals surface area contributed by atoms with Crippen LogP contribution in [0.1, 0.15) is 232 Å². The molecule has 0 saturated heterocycles. The summed E-state index contributed by atoms with van der Waals surface area (Å²) in [5, 5.41) is 0. The number of unbranched alkanes of at least 4 members (excludes halogenated alkanes) is 23. The molecule has 1 heterocycles. The van der Waals surface area contributed by atoms with Gasteiger partial charge < -0.3 is 4.57 Å². The van der Waals surface area contributed by atoms with Gasteiger partial charge in [0.15, 0.2) is 0 Å². The van der Waals surface area contributed by atoms with Crippen LogP contribution in [0.5, 0.6) is 0 Å². The Hall–Kier alpha value is -0.790. The minimum absolute atomic E-state index is 0.590. The van der Waals surface area contributed by atoms with Crippen LogP contribution in [0, 0.1) is 0 Å². The lowest BCUT2D eigenvalue weighted by Crippen LogP contribution is -2.13. The van der Waals surface area contributed by atoms with Crippen LogP contribution < -0.4 is 0 Å². The number of nitrogens with zero attached hydrogens (tertiary/aromatic N) is 2. The highest BCUT2D eigenvalue weighted by molar-refractivity contribution is 5.02. The molecule has 0 aromatic carbocycles. The van der Waals surface area contributed by atoms with E-state index in [1.807, 2.05) is 0 Å². The first-order chi connectivity index (χ1) is 19.7. The summed E-state index contributed by atoms with van der Waals surface area (Å²) in [6.45, 7) is 9.37. The zero-order chi connectivity index (χ0) is 28.9. The van der Waals surface area contributed by atoms with Crippen molar-refractivity contribution in [1.29, 1.82) is 0 Å². The first kappa shape index (κ1) is 37.2. The van der Waals surface area contributed by atoms with Gasteiger partial charge in [-0.1, -0.05) is 188 Å². The average molecular weight is 559 g/mol. The standard InChI is InChI=1S/C38H74N2/c1-5-8-11-14-16-17-18-19-20-21-22-23-24-25-27-30-33-37(32-29-13-10-7-3)38-39-34-35-40(38)36(4)31-28-26-15-12-9-6-2/h34-37H,5-33H2,1-4H3. The monoisotopic (exact) mass is 559 g/mol. The van der Waals surface area contributed by atoms with Crippen LogP contribution in [0.25, 0.3) is 0 Å². The minimum atomic E-state index is 0.590. The highest BCUT2D eigenvalue weighted by Crippen LogP contribution is 2.30. The molecule has 0 spiro atoms. The zero-order valence-corrected chi connectivity index (χ0v) is 28.2. The van der Waals surface area contributed by atoms with E-state index in [9.17, 15) is 0 Å². The largest absolute Gasteiger partial charge is 0.332 e. The Balaban J connectivity index is 2.25. The lowest BCUT2D eigenvalue weighted by atomic mass is 9.93. The fourth-order valence-corrected chi connectivity index (χ4v) is 6.53. The lowest BCUT2D eigenvalue weighted by molar-refractivity contribution is 0.413. The van der Waals surface area contributed by atoms with Crippen molar-refractivity contribution in [3.05, 3.63) is 18.2 Å². The third-order valence-corrected chi connectivity index (χ3v) is 9.33. The number of aromatic nitrogens is 2. The second-order valence-corrected chi connectivity index (χ2v) is 13.2. The third kappa shape index (κ3) is 20.1. The maximum atomic E-state index is 4.96. The molecular weight excluding hydrogens is 484 g/mol. The molecule has 2 nitrogen and oxygen atoms in total. The smallest absolute Gasteiger partial charge is 0.111 e. The molecule has 0 aliphatic heterocycles. The molecule has 1 rings (SSSR count). The molecule has 0 amide bonds. The van der Waals surface area contributed by atoms with Crippen molar-refractivity contribution < 1.29 is 0 Å². The molecule has 0 aliphatic carbocycles. The van der Waals surface area contributed by atoms with Gasteiger partial charge in [-0.3, -0.25) is 0 Å². The van der Waals surface area contributed by atoms with Crippen molar-refractivity contribution in [2.75, 3.05) is 0 Å². The Kier molecular flexibility index (Phi) is 26.4. The Morgan fingerprint density at radius 3 is 1.20 bits per heavy atom. The normalized spacial score (nSPS) is 13.2. The van der Waals surface area contributed by atoms with E-state index < -0.39 is 0 Å². The van der Waals surface area contributed by atoms with Crippen molar-refractivity contribution in [1.82, 2.24) is 9.55 Å². The topological polar surface area (TPSA) is 17.8 Å². The first-order valence-electron chi connectivity index (χ1n) is 18.8. The van der Waals surface area contributed by atoms with E-state index in [0.717, 1.165) is 0 Å². The van der Waals surface area contributed by atoms with Gasteiger partial charge in [-0.05, 0) is 26.2 Å². The zero-order valence-electron chi connectivity index (χ0n) is 28.2. The molecule has 2 atom stereocenters. The first-order valence-corrected chi connectivity index (χ1v) is 18.8. The van der Waals surface area contributed by atoms with E-state index in [4.69, 9.17) is 4.98 Å². The van der Waals surface area contributed by atoms with Gasteiger partial charge >= 0.3 is 0 Å². The van der Waals surface area contributed by atoms with E-state index in [1.54, 1.807) is 0 Å². The van der Waals surface area contributed by atoms with E-state index in [-0.39, 0.29) is 0 Å². The molecule has 2 heteroatoms. The van der Waals surface area contributed by atoms with Crippen molar-refractivity contribution in [3.8, 4) is 0 Å². The van der Waals surface area contributed by atoms with Crippen molar-refractivity contribution >= 4 is 0 Å². The van der Waals surface area contributed by atoms with Gasteiger partial charge in [0.25, 0.3) is 0 Å². The quantitative estimate of drug-likeness (QED) is 0.0828. The summed E-state index contributed by atoms with van der Waals surface area (Å²) in [5.74, 6) is 2.06. The van der Waals surface area contributed by atoms with Crippen molar-refractivity contribution in [2.45, 2.75) is 226 Å². The second kappa shape index (κ2) is 28.3. The summed E-state index contributed by atoms with van der Waals surface area (Å²) in [6, 6.07) is 0.590. The molecule has 2 unspecified atom stereocenters. The van der Waals surface area contributed by atoms with Gasteiger partial charge in [0.2, 0.25) is 0 Å². The number of hydrogen-bond donors (Lipinski definition) is 0. The summed E-state index contributed by atoms with van der Waals surface area (Å²) < 4.78 is 2.56. The molecule has 0 saturated carbocycles. The molecule has 1 aromatic heterocycles. The number of rotatable bonds is 31. The molecule has 40 heavy (non-hydrogen) atoms. The molecule has 0 radical (unpaired) electrons. The summed E-state index contributed by atoms with van der Waals surface area (Å²) in [4.78, 5) is 4.96. The van der Waals surface area contributed by atoms with E-state index in [0.29, 0.717) is 12.0 Å². The Morgan fingerprint density at radius 2 is 0.800 bits per heavy atom. The molecular formula is C38H74N2. The van der Waals surface area contributed by atoms with Crippen LogP contribution in [0.3, 0.4) is 0 Å². The Morgan fingerprint density at radius 1 is 0.475 bits per heavy atom. The van der Waals surface area contributed by atoms with Gasteiger partial charge in [0.1, 0.15) is 5.82 Å². The van der Waals surface area contributed by atoms with Crippen LogP contribution in [0.4, 0.5) is 0 Å². The molecule has 1 aromatic rings. The van der Waals surface area contributed by atoms with Crippen molar-refractivity contribution in [3.63, 3.8) is 0 Å². The molecule has 0 fully saturated rings. The summed E-state index contributed by atoms with van der Waals surface area (Å²) in [7, 11) is 0. The molecule has 236 valence electrons. The van der Waals surface area contributed by atoms with E-state index >= 15 is 0 Å². The predicted molar refractivity (Wildman–Crippen MR) is 181 cm³/mol. The summed E-state index contributed by atoms with van der Waals surface area (Å²) >= 11 is 0.